The van der Waals surface area contributed by atoms with Crippen molar-refractivity contribution in [3.8, 4) is 0 Å². The average molecular weight is 1650 g/mol. The molecule has 32 heteroatoms. The minimum absolute atomic E-state index is 0.0159. The van der Waals surface area contributed by atoms with E-state index in [1.165, 1.54) is 34.8 Å². The Bertz CT molecular complexity index is 5560. The van der Waals surface area contributed by atoms with Gasteiger partial charge >= 0.3 is 18.1 Å². The van der Waals surface area contributed by atoms with Gasteiger partial charge in [-0.3, -0.25) is 68.8 Å². The Morgan fingerprint density at radius 3 is 1.07 bits per heavy atom. The molecule has 4 fully saturated rings. The molecule has 20 rings (SSSR count). The van der Waals surface area contributed by atoms with E-state index in [-0.39, 0.29) is 59.4 Å². The van der Waals surface area contributed by atoms with Crippen LogP contribution < -0.4 is 16.4 Å². The number of amides is 12. The zero-order valence-corrected chi connectivity index (χ0v) is 67.0. The number of Topliss-reactive ketones (excluding diaryl/α,β-unsaturated/α-hetero) is 1. The third-order valence-electron chi connectivity index (χ3n) is 24.2. The predicted molar refractivity (Wildman–Crippen MR) is 447 cm³/mol. The number of para-hydroxylation sites is 3. The Hall–Kier alpha value is -13.6. The van der Waals surface area contributed by atoms with Crippen molar-refractivity contribution >= 4 is 138 Å². The van der Waals surface area contributed by atoms with Crippen molar-refractivity contribution < 1.29 is 68.7 Å². The number of hydrogen-bond acceptors (Lipinski definition) is 17. The molecule has 0 saturated carbocycles. The smallest absolute Gasteiger partial charge is 0.326 e. The molecule has 8 bridgehead atoms. The lowest BCUT2D eigenvalue weighted by Gasteiger charge is -2.43. The number of hydrogen-bond donors (Lipinski definition) is 7. The summed E-state index contributed by atoms with van der Waals surface area (Å²) in [6, 6.07) is 55.9. The van der Waals surface area contributed by atoms with Crippen molar-refractivity contribution in [2.75, 3.05) is 61.0 Å². The largest absolute Gasteiger partial charge is 0.388 e. The number of aliphatic hydroxyl groups is 1. The van der Waals surface area contributed by atoms with Gasteiger partial charge in [-0.1, -0.05) is 127 Å². The number of pyridine rings is 1. The Kier molecular flexibility index (Phi) is 20.8. The molecule has 4 saturated heterocycles. The van der Waals surface area contributed by atoms with Crippen LogP contribution in [0.25, 0.3) is 43.7 Å². The third kappa shape index (κ3) is 13.6. The Labute approximate surface area is 696 Å². The summed E-state index contributed by atoms with van der Waals surface area (Å²) >= 11 is 11.2. The summed E-state index contributed by atoms with van der Waals surface area (Å²) in [5.74, 6) is -3.27. The Morgan fingerprint density at radius 1 is 0.375 bits per heavy atom. The molecule has 0 spiro atoms. The number of hydroxylamine groups is 3. The maximum Gasteiger partial charge on any atom is 0.326 e. The average Bonchev–Trinajstić information content (AvgIpc) is 1.59. The van der Waals surface area contributed by atoms with Crippen LogP contribution in [0.3, 0.4) is 0 Å². The van der Waals surface area contributed by atoms with E-state index in [1.807, 2.05) is 107 Å². The molecule has 0 radical (unpaired) electrons. The van der Waals surface area contributed by atoms with Crippen LogP contribution in [0.2, 0.25) is 0 Å². The van der Waals surface area contributed by atoms with Crippen LogP contribution in [0.5, 0.6) is 0 Å². The van der Waals surface area contributed by atoms with Gasteiger partial charge in [0.1, 0.15) is 12.3 Å². The molecule has 4 unspecified atom stereocenters. The van der Waals surface area contributed by atoms with Gasteiger partial charge in [-0.15, -0.1) is 0 Å². The number of thiocarbonyl (C=S) groups is 2. The molecule has 12 aromatic rings. The van der Waals surface area contributed by atoms with E-state index in [9.17, 15) is 47.9 Å². The van der Waals surface area contributed by atoms with Crippen LogP contribution in [-0.4, -0.2) is 214 Å². The normalized spacial score (nSPS) is 18.0. The molecule has 0 aliphatic carbocycles. The second-order valence-corrected chi connectivity index (χ2v) is 31.6. The van der Waals surface area contributed by atoms with Crippen LogP contribution in [0.15, 0.2) is 188 Å². The number of carbonyl (C=O) groups is 10. The van der Waals surface area contributed by atoms with Gasteiger partial charge in [0.05, 0.1) is 54.8 Å². The van der Waals surface area contributed by atoms with Crippen molar-refractivity contribution in [3.05, 3.63) is 278 Å². The molecule has 120 heavy (non-hydrogen) atoms. The molecule has 12 amide bonds. The first kappa shape index (κ1) is 78.9. The lowest BCUT2D eigenvalue weighted by molar-refractivity contribution is -0.133. The lowest BCUT2D eigenvalue weighted by atomic mass is 9.89. The minimum atomic E-state index is -0.575. The quantitative estimate of drug-likeness (QED) is 0.0244. The highest BCUT2D eigenvalue weighted by molar-refractivity contribution is 7.80. The number of aliphatic hydroxyl groups excluding tert-OH is 1. The number of likely N-dealkylation sites (N-methyl/N-ethyl adjacent to an activating group) is 4. The van der Waals surface area contributed by atoms with Crippen molar-refractivity contribution in [1.82, 2.24) is 78.9 Å². The molecule has 608 valence electrons. The molecule has 5 aromatic heterocycles. The zero-order chi connectivity index (χ0) is 84.0. The maximum atomic E-state index is 13.0. The van der Waals surface area contributed by atoms with Crippen LogP contribution in [0.1, 0.15) is 132 Å². The van der Waals surface area contributed by atoms with E-state index in [4.69, 9.17) is 45.2 Å². The summed E-state index contributed by atoms with van der Waals surface area (Å²) in [4.78, 5) is 141. The fourth-order valence-electron chi connectivity index (χ4n) is 18.2. The summed E-state index contributed by atoms with van der Waals surface area (Å²) in [5.41, 5.74) is 22.8. The number of ketones is 1. The standard InChI is InChI=1S/C23H21N3O3S.C22H20N4O4.C22H20N4O3S.C21H19N5O4/c1-24-22(30)17-11-25(23(24)29)12-19-21(17)16-4-2-3-5-18(16)26(19)10-14-6-8-15(9-7-14)20(28)13-27;1-24-21(28)16-11-25(22(24)29)12-18-19(16)15-4-2-3-5-17(15)26(18)10-13-6-8-14(9-7-13)20(27)23-30;1-24-21(28)16-11-25(22(24)30)12-18-19(16)15-4-2-3-5-17(15)26(18)10-13-6-8-14(9-7-13)20(27)23-29;1-24-20(28)15-10-25(21(24)29)11-16-17(15)14-3-2-8-22-18(14)26(16)9-12-4-6-13(7-5-12)19(27)23-30/h2-9,17,27H,10-13H2,1H3;2-9,16,30H,10-12H2,1H3,(H,23,27);2-9,16,29H,10-12H2,1H3,(H,23,27);2-8,15,30H,9-11H2,1H3,(H,23,27). The second-order valence-electron chi connectivity index (χ2n) is 30.9. The summed E-state index contributed by atoms with van der Waals surface area (Å²) in [6.45, 7) is 5.85. The highest BCUT2D eigenvalue weighted by Gasteiger charge is 2.48. The van der Waals surface area contributed by atoms with Gasteiger partial charge in [-0.2, -0.15) is 0 Å². The molecular formula is C88H80N16O14S2. The van der Waals surface area contributed by atoms with Crippen molar-refractivity contribution in [2.45, 2.75) is 76.0 Å². The van der Waals surface area contributed by atoms with E-state index in [1.54, 1.807) is 117 Å². The number of imide groups is 2. The number of nitrogens with zero attached hydrogens (tertiary/aromatic N) is 13. The van der Waals surface area contributed by atoms with E-state index >= 15 is 0 Å². The number of benzene rings is 7. The van der Waals surface area contributed by atoms with Gasteiger partial charge in [0, 0.05) is 170 Å². The fraction of sp³-hybridized carbons (Fsp3) is 0.239. The van der Waals surface area contributed by atoms with Crippen molar-refractivity contribution in [1.29, 1.82) is 0 Å². The summed E-state index contributed by atoms with van der Waals surface area (Å²) in [5, 5.41) is 40.2. The molecule has 8 aliphatic rings. The van der Waals surface area contributed by atoms with Crippen molar-refractivity contribution in [2.24, 2.45) is 0 Å². The molecule has 8 aliphatic heterocycles. The summed E-state index contributed by atoms with van der Waals surface area (Å²) < 4.78 is 8.69. The van der Waals surface area contributed by atoms with E-state index < -0.39 is 30.2 Å². The Balaban J connectivity index is 0.000000114. The maximum absolute atomic E-state index is 13.0. The number of fused-ring (bicyclic) bond motifs is 24. The van der Waals surface area contributed by atoms with E-state index in [0.29, 0.717) is 111 Å². The second kappa shape index (κ2) is 31.7. The first-order chi connectivity index (χ1) is 58.0. The highest BCUT2D eigenvalue weighted by Crippen LogP contribution is 2.46. The first-order valence-electron chi connectivity index (χ1n) is 38.8. The number of carbonyl (C=O) groups excluding carboxylic acids is 10. The van der Waals surface area contributed by atoms with Crippen LogP contribution in [0, 0.1) is 0 Å². The summed E-state index contributed by atoms with van der Waals surface area (Å²) in [6.07, 6.45) is 1.71. The monoisotopic (exact) mass is 1650 g/mol. The fourth-order valence-corrected chi connectivity index (χ4v) is 18.7. The van der Waals surface area contributed by atoms with Gasteiger partial charge in [0.2, 0.25) is 17.7 Å². The molecule has 7 N–H and O–H groups in total. The third-order valence-corrected chi connectivity index (χ3v) is 25.3. The SMILES string of the molecule is CN1C(=O)C2CN(Cc3c2c2ccccc2n3Cc2ccc(C(=O)NO)cc2)C1=O.CN1C(=O)C2CN(Cc3c2c2ccccc2n3Cc2ccc(C(=O)NO)cc2)C1=S.CN1C(=O)C2CN(Cc3c2c2cccnc2n3Cc2ccc(C(=O)NO)cc2)C1=O.CN1C(=O)N2Cc3c(c4ccccc4n3Cc3ccc(C(=O)CO)cc3)C(C2)C1=S. The van der Waals surface area contributed by atoms with Gasteiger partial charge in [0.15, 0.2) is 10.9 Å². The Morgan fingerprint density at radius 2 is 0.683 bits per heavy atom. The van der Waals surface area contributed by atoms with Crippen LogP contribution in [-0.2, 0) is 66.7 Å². The van der Waals surface area contributed by atoms with Gasteiger partial charge in [-0.05, 0) is 123 Å². The van der Waals surface area contributed by atoms with E-state index in [0.717, 1.165) is 100 Å². The van der Waals surface area contributed by atoms with Gasteiger partial charge in [-0.25, -0.2) is 35.8 Å². The predicted octanol–water partition coefficient (Wildman–Crippen LogP) is 9.62. The number of nitrogens with one attached hydrogen (secondary N) is 3. The topological polar surface area (TPSA) is 346 Å². The zero-order valence-electron chi connectivity index (χ0n) is 65.4. The van der Waals surface area contributed by atoms with Crippen LogP contribution in [0.4, 0.5) is 14.4 Å². The highest BCUT2D eigenvalue weighted by atomic mass is 32.1. The minimum Gasteiger partial charge on any atom is -0.388 e. The number of rotatable bonds is 13. The van der Waals surface area contributed by atoms with Gasteiger partial charge in [0.25, 0.3) is 17.7 Å². The molecule has 4 atom stereocenters. The number of aromatic nitrogens is 5. The van der Waals surface area contributed by atoms with Gasteiger partial charge < -0.3 is 43.0 Å². The van der Waals surface area contributed by atoms with E-state index in [2.05, 4.69) is 47.9 Å². The summed E-state index contributed by atoms with van der Waals surface area (Å²) in [7, 11) is 6.57. The molecule has 13 heterocycles. The first-order valence-corrected chi connectivity index (χ1v) is 39.6. The molecule has 7 aromatic carbocycles. The number of urea groups is 3. The molecular weight excluding hydrogens is 1570 g/mol. The van der Waals surface area contributed by atoms with Crippen molar-refractivity contribution in [3.63, 3.8) is 0 Å². The molecule has 30 nitrogen and oxygen atoms in total. The lowest BCUT2D eigenvalue weighted by Crippen LogP contribution is -2.56. The van der Waals surface area contributed by atoms with Crippen LogP contribution >= 0.6 is 24.4 Å².